The second kappa shape index (κ2) is 13.1. The van der Waals surface area contributed by atoms with Crippen LogP contribution in [0.15, 0.2) is 206 Å². The largest absolute Gasteiger partial charge is 0.228 e. The first kappa shape index (κ1) is 32.5. The van der Waals surface area contributed by atoms with E-state index in [0.29, 0.717) is 5.82 Å². The van der Waals surface area contributed by atoms with Crippen LogP contribution in [0.3, 0.4) is 0 Å². The van der Waals surface area contributed by atoms with Crippen LogP contribution in [0.25, 0.3) is 76.3 Å². The summed E-state index contributed by atoms with van der Waals surface area (Å²) in [6, 6.07) is 74.4. The van der Waals surface area contributed by atoms with Gasteiger partial charge in [0, 0.05) is 36.9 Å². The van der Waals surface area contributed by atoms with Gasteiger partial charge in [-0.25, -0.2) is 9.97 Å². The Labute approximate surface area is 330 Å². The third-order valence-electron chi connectivity index (χ3n) is 11.4. The number of hydrogen-bond donors (Lipinski definition) is 0. The fraction of sp³-hybridized carbons (Fsp3) is 0.0189. The van der Waals surface area contributed by atoms with Gasteiger partial charge in [-0.15, -0.1) is 11.3 Å². The van der Waals surface area contributed by atoms with Gasteiger partial charge < -0.3 is 0 Å². The lowest BCUT2D eigenvalue weighted by Gasteiger charge is -2.33. The molecule has 3 heteroatoms. The molecule has 0 radical (unpaired) electrons. The normalized spacial score (nSPS) is 12.8. The van der Waals surface area contributed by atoms with Crippen molar-refractivity contribution < 1.29 is 0 Å². The average molecular weight is 731 g/mol. The van der Waals surface area contributed by atoms with Crippen molar-refractivity contribution in [2.75, 3.05) is 0 Å². The highest BCUT2D eigenvalue weighted by Crippen LogP contribution is 2.56. The Kier molecular flexibility index (Phi) is 7.61. The third kappa shape index (κ3) is 5.09. The van der Waals surface area contributed by atoms with Crippen molar-refractivity contribution in [3.8, 4) is 56.2 Å². The van der Waals surface area contributed by atoms with Crippen LogP contribution in [0.4, 0.5) is 0 Å². The Morgan fingerprint density at radius 1 is 0.339 bits per heavy atom. The van der Waals surface area contributed by atoms with Gasteiger partial charge in [0.15, 0.2) is 5.82 Å². The highest BCUT2D eigenvalue weighted by Gasteiger charge is 2.46. The second-order valence-electron chi connectivity index (χ2n) is 14.5. The van der Waals surface area contributed by atoms with Crippen LogP contribution >= 0.6 is 11.3 Å². The van der Waals surface area contributed by atoms with Crippen LogP contribution in [0.1, 0.15) is 22.3 Å². The highest BCUT2D eigenvalue weighted by molar-refractivity contribution is 7.25. The average Bonchev–Trinajstić information content (AvgIpc) is 3.80. The molecule has 0 N–H and O–H groups in total. The fourth-order valence-electron chi connectivity index (χ4n) is 8.91. The van der Waals surface area contributed by atoms with Gasteiger partial charge in [0.1, 0.15) is 0 Å². The summed E-state index contributed by atoms with van der Waals surface area (Å²) < 4.78 is 2.60. The molecule has 2 heterocycles. The molecule has 0 atom stereocenters. The van der Waals surface area contributed by atoms with Crippen molar-refractivity contribution in [1.82, 2.24) is 9.97 Å². The van der Waals surface area contributed by atoms with Gasteiger partial charge in [0.2, 0.25) is 0 Å². The monoisotopic (exact) mass is 730 g/mol. The standard InChI is InChI=1S/C53H34N2S/c1-4-16-35(17-5-1)52-54-48(34-49(55-52)42-24-11-10-22-40(42)36-29-31-51-45(32-36)43-25-13-15-27-50(43)56-51)37-28-30-47-44(33-37)41-23-12-14-26-46(41)53(47,38-18-6-2-7-19-38)39-20-8-3-9-21-39/h1-34H. The Hall–Kier alpha value is -6.94. The van der Waals surface area contributed by atoms with Crippen molar-refractivity contribution in [2.45, 2.75) is 5.41 Å². The van der Waals surface area contributed by atoms with Crippen LogP contribution in [0.5, 0.6) is 0 Å². The molecule has 0 saturated heterocycles. The van der Waals surface area contributed by atoms with E-state index in [1.807, 2.05) is 17.4 Å². The Morgan fingerprint density at radius 2 is 0.911 bits per heavy atom. The zero-order valence-corrected chi connectivity index (χ0v) is 31.2. The summed E-state index contributed by atoms with van der Waals surface area (Å²) in [6.07, 6.45) is 0. The van der Waals surface area contributed by atoms with Crippen molar-refractivity contribution in [3.63, 3.8) is 0 Å². The van der Waals surface area contributed by atoms with Crippen molar-refractivity contribution in [2.24, 2.45) is 0 Å². The predicted octanol–water partition coefficient (Wildman–Crippen LogP) is 13.9. The van der Waals surface area contributed by atoms with E-state index in [2.05, 4.69) is 200 Å². The number of benzene rings is 8. The number of hydrogen-bond acceptors (Lipinski definition) is 3. The van der Waals surface area contributed by atoms with Gasteiger partial charge in [-0.1, -0.05) is 176 Å². The molecular weight excluding hydrogens is 697 g/mol. The summed E-state index contributed by atoms with van der Waals surface area (Å²) in [5, 5.41) is 2.58. The lowest BCUT2D eigenvalue weighted by atomic mass is 9.67. The van der Waals surface area contributed by atoms with E-state index < -0.39 is 5.41 Å². The molecule has 0 unspecified atom stereocenters. The van der Waals surface area contributed by atoms with E-state index in [4.69, 9.17) is 9.97 Å². The summed E-state index contributed by atoms with van der Waals surface area (Å²) >= 11 is 1.85. The zero-order valence-electron chi connectivity index (χ0n) is 30.4. The molecule has 0 aliphatic heterocycles. The molecule has 0 fully saturated rings. The summed E-state index contributed by atoms with van der Waals surface area (Å²) in [5.41, 5.74) is 14.3. The fourth-order valence-corrected chi connectivity index (χ4v) is 10.00. The van der Waals surface area contributed by atoms with Crippen LogP contribution in [0.2, 0.25) is 0 Å². The molecule has 8 aromatic carbocycles. The van der Waals surface area contributed by atoms with Gasteiger partial charge in [-0.05, 0) is 74.8 Å². The summed E-state index contributed by atoms with van der Waals surface area (Å²) in [5.74, 6) is 0.705. The predicted molar refractivity (Wildman–Crippen MR) is 234 cm³/mol. The topological polar surface area (TPSA) is 25.8 Å². The number of nitrogens with zero attached hydrogens (tertiary/aromatic N) is 2. The third-order valence-corrected chi connectivity index (χ3v) is 12.6. The van der Waals surface area contributed by atoms with E-state index in [9.17, 15) is 0 Å². The van der Waals surface area contributed by atoms with Gasteiger partial charge in [-0.2, -0.15) is 0 Å². The lowest BCUT2D eigenvalue weighted by molar-refractivity contribution is 0.768. The van der Waals surface area contributed by atoms with Gasteiger partial charge in [-0.3, -0.25) is 0 Å². The molecule has 10 aromatic rings. The summed E-state index contributed by atoms with van der Waals surface area (Å²) in [4.78, 5) is 10.6. The number of aromatic nitrogens is 2. The van der Waals surface area contributed by atoms with E-state index >= 15 is 0 Å². The van der Waals surface area contributed by atoms with Crippen LogP contribution < -0.4 is 0 Å². The van der Waals surface area contributed by atoms with Crippen molar-refractivity contribution in [1.29, 1.82) is 0 Å². The lowest BCUT2D eigenvalue weighted by Crippen LogP contribution is -2.28. The molecule has 1 aliphatic rings. The van der Waals surface area contributed by atoms with Crippen LogP contribution in [-0.2, 0) is 5.41 Å². The van der Waals surface area contributed by atoms with Crippen molar-refractivity contribution in [3.05, 3.63) is 229 Å². The molecule has 2 nitrogen and oxygen atoms in total. The minimum Gasteiger partial charge on any atom is -0.228 e. The highest BCUT2D eigenvalue weighted by atomic mass is 32.1. The van der Waals surface area contributed by atoms with Gasteiger partial charge in [0.25, 0.3) is 0 Å². The van der Waals surface area contributed by atoms with Crippen molar-refractivity contribution >= 4 is 31.5 Å². The van der Waals surface area contributed by atoms with E-state index in [1.165, 1.54) is 59.1 Å². The molecule has 0 saturated carbocycles. The number of rotatable bonds is 6. The van der Waals surface area contributed by atoms with Crippen LogP contribution in [0, 0.1) is 0 Å². The first-order valence-corrected chi connectivity index (χ1v) is 19.9. The number of fused-ring (bicyclic) bond motifs is 6. The molecule has 56 heavy (non-hydrogen) atoms. The minimum atomic E-state index is -0.452. The molecule has 2 aromatic heterocycles. The first-order valence-electron chi connectivity index (χ1n) is 19.1. The van der Waals surface area contributed by atoms with E-state index in [-0.39, 0.29) is 0 Å². The Balaban J connectivity index is 1.11. The molecule has 0 spiro atoms. The molecule has 262 valence electrons. The quantitative estimate of drug-likeness (QED) is 0.170. The molecular formula is C53H34N2S. The second-order valence-corrected chi connectivity index (χ2v) is 15.6. The maximum absolute atomic E-state index is 5.29. The maximum atomic E-state index is 5.29. The summed E-state index contributed by atoms with van der Waals surface area (Å²) in [7, 11) is 0. The van der Waals surface area contributed by atoms with E-state index in [1.54, 1.807) is 0 Å². The van der Waals surface area contributed by atoms with Gasteiger partial charge >= 0.3 is 0 Å². The maximum Gasteiger partial charge on any atom is 0.160 e. The van der Waals surface area contributed by atoms with E-state index in [0.717, 1.165) is 33.6 Å². The smallest absolute Gasteiger partial charge is 0.160 e. The SMILES string of the molecule is c1ccc(-c2nc(-c3ccc4c(c3)-c3ccccc3C4(c3ccccc3)c3ccccc3)cc(-c3ccccc3-c3ccc4sc5ccccc5c4c3)n2)cc1. The molecule has 1 aliphatic carbocycles. The van der Waals surface area contributed by atoms with Gasteiger partial charge in [0.05, 0.1) is 16.8 Å². The summed E-state index contributed by atoms with van der Waals surface area (Å²) in [6.45, 7) is 0. The minimum absolute atomic E-state index is 0.452. The molecule has 0 amide bonds. The Bertz CT molecular complexity index is 3040. The molecule has 11 rings (SSSR count). The zero-order chi connectivity index (χ0) is 37.1. The molecule has 0 bridgehead atoms. The first-order chi connectivity index (χ1) is 27.8. The number of thiophene rings is 1. The van der Waals surface area contributed by atoms with Crippen LogP contribution in [-0.4, -0.2) is 9.97 Å². The Morgan fingerprint density at radius 3 is 1.68 bits per heavy atom.